The predicted molar refractivity (Wildman–Crippen MR) is 61.0 cm³/mol. The molecule has 0 spiro atoms. The van der Waals surface area contributed by atoms with Crippen molar-refractivity contribution < 1.29 is 4.74 Å². The van der Waals surface area contributed by atoms with Crippen LogP contribution in [0.3, 0.4) is 0 Å². The summed E-state index contributed by atoms with van der Waals surface area (Å²) in [6, 6.07) is 0. The second-order valence-electron chi connectivity index (χ2n) is 4.70. The molecule has 0 aromatic rings. The fraction of sp³-hybridized carbons (Fsp3) is 1.00. The molecule has 0 bridgehead atoms. The number of hydrogen-bond donors (Lipinski definition) is 1. The molecule has 0 aromatic heterocycles. The lowest BCUT2D eigenvalue weighted by Crippen LogP contribution is -2.32. The van der Waals surface area contributed by atoms with Gasteiger partial charge < -0.3 is 10.1 Å². The van der Waals surface area contributed by atoms with Crippen LogP contribution in [0.15, 0.2) is 0 Å². The second-order valence-corrected chi connectivity index (χ2v) is 5.32. The number of rotatable bonds is 5. The van der Waals surface area contributed by atoms with Crippen LogP contribution in [0.2, 0.25) is 0 Å². The van der Waals surface area contributed by atoms with Gasteiger partial charge in [0.05, 0.1) is 11.7 Å². The molecule has 1 aliphatic rings. The summed E-state index contributed by atoms with van der Waals surface area (Å²) in [6.07, 6.45) is 3.73. The number of ether oxygens (including phenoxy) is 1. The molecule has 1 fully saturated rings. The zero-order valence-electron chi connectivity index (χ0n) is 9.48. The van der Waals surface area contributed by atoms with Gasteiger partial charge in [-0.2, -0.15) is 0 Å². The third-order valence-electron chi connectivity index (χ3n) is 2.73. The highest BCUT2D eigenvalue weighted by atomic mass is 35.5. The Morgan fingerprint density at radius 3 is 2.79 bits per heavy atom. The molecule has 1 saturated heterocycles. The summed E-state index contributed by atoms with van der Waals surface area (Å²) in [6.45, 7) is 8.24. The van der Waals surface area contributed by atoms with E-state index in [-0.39, 0.29) is 11.0 Å². The largest absolute Gasteiger partial charge is 0.371 e. The Morgan fingerprint density at radius 2 is 2.29 bits per heavy atom. The number of nitrogens with one attached hydrogen (secondary N) is 1. The van der Waals surface area contributed by atoms with Crippen LogP contribution in [-0.2, 0) is 4.74 Å². The van der Waals surface area contributed by atoms with Crippen molar-refractivity contribution in [2.45, 2.75) is 57.1 Å². The van der Waals surface area contributed by atoms with Gasteiger partial charge in [-0.15, -0.1) is 11.6 Å². The van der Waals surface area contributed by atoms with Crippen LogP contribution in [0.1, 0.15) is 40.0 Å². The third-order valence-corrected chi connectivity index (χ3v) is 3.20. The lowest BCUT2D eigenvalue weighted by molar-refractivity contribution is -0.0141. The van der Waals surface area contributed by atoms with Crippen LogP contribution >= 0.6 is 11.6 Å². The van der Waals surface area contributed by atoms with Crippen LogP contribution in [0.5, 0.6) is 0 Å². The van der Waals surface area contributed by atoms with Crippen LogP contribution < -0.4 is 5.32 Å². The van der Waals surface area contributed by atoms with Gasteiger partial charge in [-0.05, 0) is 33.1 Å². The first-order valence-electron chi connectivity index (χ1n) is 5.56. The summed E-state index contributed by atoms with van der Waals surface area (Å²) in [5, 5.41) is 3.61. The van der Waals surface area contributed by atoms with Crippen molar-refractivity contribution in [1.29, 1.82) is 0 Å². The van der Waals surface area contributed by atoms with E-state index in [0.717, 1.165) is 25.9 Å². The molecule has 1 N–H and O–H groups in total. The molecule has 2 nitrogen and oxygen atoms in total. The maximum Gasteiger partial charge on any atom is 0.0707 e. The first-order chi connectivity index (χ1) is 6.53. The van der Waals surface area contributed by atoms with Crippen LogP contribution in [0, 0.1) is 0 Å². The molecule has 84 valence electrons. The quantitative estimate of drug-likeness (QED) is 0.718. The van der Waals surface area contributed by atoms with Crippen molar-refractivity contribution in [2.24, 2.45) is 0 Å². The van der Waals surface area contributed by atoms with E-state index in [1.807, 2.05) is 0 Å². The van der Waals surface area contributed by atoms with E-state index >= 15 is 0 Å². The van der Waals surface area contributed by atoms with Gasteiger partial charge in [0, 0.05) is 18.5 Å². The summed E-state index contributed by atoms with van der Waals surface area (Å²) in [5.74, 6) is 0. The van der Waals surface area contributed by atoms with Crippen LogP contribution in [-0.4, -0.2) is 30.2 Å². The zero-order chi connectivity index (χ0) is 10.6. The lowest BCUT2D eigenvalue weighted by Gasteiger charge is -2.19. The minimum atomic E-state index is 0.0808. The number of hydrogen-bond acceptors (Lipinski definition) is 2. The Morgan fingerprint density at radius 1 is 1.57 bits per heavy atom. The number of alkyl halides is 1. The molecule has 0 amide bonds. The van der Waals surface area contributed by atoms with Gasteiger partial charge in [0.25, 0.3) is 0 Å². The minimum Gasteiger partial charge on any atom is -0.371 e. The average molecular weight is 220 g/mol. The first-order valence-corrected chi connectivity index (χ1v) is 6.00. The van der Waals surface area contributed by atoms with E-state index in [0.29, 0.717) is 6.10 Å². The van der Waals surface area contributed by atoms with Crippen molar-refractivity contribution in [3.8, 4) is 0 Å². The summed E-state index contributed by atoms with van der Waals surface area (Å²) in [7, 11) is 0. The molecule has 2 unspecified atom stereocenters. The summed E-state index contributed by atoms with van der Waals surface area (Å²) >= 11 is 6.00. The molecule has 2 atom stereocenters. The molecule has 0 aromatic carbocycles. The van der Waals surface area contributed by atoms with E-state index in [4.69, 9.17) is 16.3 Å². The van der Waals surface area contributed by atoms with Gasteiger partial charge in [0.1, 0.15) is 0 Å². The summed E-state index contributed by atoms with van der Waals surface area (Å²) in [4.78, 5) is 0. The molecule has 0 radical (unpaired) electrons. The van der Waals surface area contributed by atoms with Crippen molar-refractivity contribution in [3.05, 3.63) is 0 Å². The molecule has 1 heterocycles. The monoisotopic (exact) mass is 219 g/mol. The van der Waals surface area contributed by atoms with Crippen molar-refractivity contribution >= 4 is 11.6 Å². The van der Waals surface area contributed by atoms with Gasteiger partial charge in [-0.1, -0.05) is 6.92 Å². The smallest absolute Gasteiger partial charge is 0.0707 e. The highest BCUT2D eigenvalue weighted by Crippen LogP contribution is 2.28. The Hall–Kier alpha value is 0.210. The molecule has 0 aliphatic carbocycles. The van der Waals surface area contributed by atoms with Crippen molar-refractivity contribution in [3.63, 3.8) is 0 Å². The van der Waals surface area contributed by atoms with E-state index in [2.05, 4.69) is 26.1 Å². The minimum absolute atomic E-state index is 0.0808. The second kappa shape index (κ2) is 5.34. The fourth-order valence-electron chi connectivity index (χ4n) is 1.77. The van der Waals surface area contributed by atoms with Gasteiger partial charge >= 0.3 is 0 Å². The summed E-state index contributed by atoms with van der Waals surface area (Å²) < 4.78 is 5.86. The SMILES string of the molecule is CCC(Cl)CNCC1CCC(C)(C)O1. The normalized spacial score (nSPS) is 27.9. The fourth-order valence-corrected chi connectivity index (χ4v) is 1.88. The zero-order valence-corrected chi connectivity index (χ0v) is 10.2. The van der Waals surface area contributed by atoms with Gasteiger partial charge in [0.2, 0.25) is 0 Å². The predicted octanol–water partition coefficient (Wildman–Crippen LogP) is 2.55. The lowest BCUT2D eigenvalue weighted by atomic mass is 10.1. The topological polar surface area (TPSA) is 21.3 Å². The molecule has 3 heteroatoms. The van der Waals surface area contributed by atoms with E-state index in [1.54, 1.807) is 0 Å². The van der Waals surface area contributed by atoms with Gasteiger partial charge in [0.15, 0.2) is 0 Å². The Labute approximate surface area is 92.3 Å². The van der Waals surface area contributed by atoms with Crippen molar-refractivity contribution in [2.75, 3.05) is 13.1 Å². The molecule has 14 heavy (non-hydrogen) atoms. The molecular weight excluding hydrogens is 198 g/mol. The Bertz CT molecular complexity index is 173. The maximum atomic E-state index is 6.00. The highest BCUT2D eigenvalue weighted by Gasteiger charge is 2.31. The molecular formula is C11H22ClNO. The molecule has 0 saturated carbocycles. The Balaban J connectivity index is 2.09. The maximum absolute atomic E-state index is 6.00. The third kappa shape index (κ3) is 4.16. The van der Waals surface area contributed by atoms with Crippen molar-refractivity contribution in [1.82, 2.24) is 5.32 Å². The summed E-state index contributed by atoms with van der Waals surface area (Å²) in [5.41, 5.74) is 0.0808. The Kier molecular flexibility index (Phi) is 4.68. The number of halogens is 1. The van der Waals surface area contributed by atoms with E-state index in [9.17, 15) is 0 Å². The first kappa shape index (κ1) is 12.3. The average Bonchev–Trinajstić information content (AvgIpc) is 2.45. The molecule has 1 rings (SSSR count). The van der Waals surface area contributed by atoms with Crippen LogP contribution in [0.25, 0.3) is 0 Å². The van der Waals surface area contributed by atoms with E-state index < -0.39 is 0 Å². The van der Waals surface area contributed by atoms with Gasteiger partial charge in [-0.3, -0.25) is 0 Å². The van der Waals surface area contributed by atoms with E-state index in [1.165, 1.54) is 6.42 Å². The molecule has 1 aliphatic heterocycles. The standard InChI is InChI=1S/C11H22ClNO/c1-4-9(12)7-13-8-10-5-6-11(2,3)14-10/h9-10,13H,4-8H2,1-3H3. The highest BCUT2D eigenvalue weighted by molar-refractivity contribution is 6.20. The van der Waals surface area contributed by atoms with Gasteiger partial charge in [-0.25, -0.2) is 0 Å². The van der Waals surface area contributed by atoms with Crippen LogP contribution in [0.4, 0.5) is 0 Å².